The van der Waals surface area contributed by atoms with Crippen LogP contribution in [0.15, 0.2) is 0 Å². The van der Waals surface area contributed by atoms with Gasteiger partial charge in [-0.05, 0) is 31.1 Å². The lowest BCUT2D eigenvalue weighted by atomic mass is 9.89. The van der Waals surface area contributed by atoms with Gasteiger partial charge in [-0.3, -0.25) is 0 Å². The molecule has 0 saturated carbocycles. The number of ether oxygens (including phenoxy) is 1. The van der Waals surface area contributed by atoms with Gasteiger partial charge in [-0.25, -0.2) is 8.42 Å². The summed E-state index contributed by atoms with van der Waals surface area (Å²) in [4.78, 5) is 0. The lowest BCUT2D eigenvalue weighted by Gasteiger charge is -2.19. The van der Waals surface area contributed by atoms with E-state index in [1.165, 1.54) is 0 Å². The van der Waals surface area contributed by atoms with Crippen molar-refractivity contribution in [2.24, 2.45) is 11.8 Å². The number of alkyl halides is 1. The molecule has 1 fully saturated rings. The maximum atomic E-state index is 11.4. The summed E-state index contributed by atoms with van der Waals surface area (Å²) in [5.41, 5.74) is 0. The Bertz CT molecular complexity index is 290. The van der Waals surface area contributed by atoms with E-state index in [1.54, 1.807) is 7.11 Å². The number of unbranched alkanes of at least 4 members (excludes halogenated alkanes) is 1. The maximum absolute atomic E-state index is 11.4. The molecular weight excluding hydrogens is 248 g/mol. The minimum Gasteiger partial charge on any atom is -0.385 e. The van der Waals surface area contributed by atoms with Crippen LogP contribution in [0.4, 0.5) is 0 Å². The first-order valence-corrected chi connectivity index (χ1v) is 8.20. The Hall–Kier alpha value is 0.200. The van der Waals surface area contributed by atoms with Gasteiger partial charge >= 0.3 is 0 Å². The van der Waals surface area contributed by atoms with Gasteiger partial charge in [0.15, 0.2) is 9.84 Å². The van der Waals surface area contributed by atoms with Crippen LogP contribution in [0.25, 0.3) is 0 Å². The first-order valence-electron chi connectivity index (χ1n) is 5.84. The molecular formula is C11H21ClO3S. The second kappa shape index (κ2) is 6.82. The molecule has 2 atom stereocenters. The minimum absolute atomic E-state index is 0.282. The van der Waals surface area contributed by atoms with Crippen molar-refractivity contribution in [2.45, 2.75) is 25.7 Å². The molecule has 0 bridgehead atoms. The largest absolute Gasteiger partial charge is 0.385 e. The second-order valence-corrected chi connectivity index (χ2v) is 7.10. The maximum Gasteiger partial charge on any atom is 0.150 e. The molecule has 2 unspecified atom stereocenters. The second-order valence-electron chi connectivity index (χ2n) is 4.57. The molecule has 5 heteroatoms. The van der Waals surface area contributed by atoms with Crippen LogP contribution in [0, 0.1) is 11.8 Å². The first kappa shape index (κ1) is 14.3. The summed E-state index contributed by atoms with van der Waals surface area (Å²) in [6.07, 6.45) is 3.92. The highest BCUT2D eigenvalue weighted by Crippen LogP contribution is 2.30. The summed E-state index contributed by atoms with van der Waals surface area (Å²) in [7, 11) is -1.07. The van der Waals surface area contributed by atoms with Crippen LogP contribution in [0.5, 0.6) is 0 Å². The van der Waals surface area contributed by atoms with Crippen molar-refractivity contribution < 1.29 is 13.2 Å². The van der Waals surface area contributed by atoms with Crippen molar-refractivity contribution >= 4 is 21.4 Å². The Labute approximate surface area is 103 Å². The normalized spacial score (nSPS) is 25.8. The Morgan fingerprint density at radius 2 is 2.19 bits per heavy atom. The third kappa shape index (κ3) is 4.60. The summed E-state index contributed by atoms with van der Waals surface area (Å²) in [6.45, 7) is 0.776. The van der Waals surface area contributed by atoms with E-state index in [2.05, 4.69) is 0 Å². The molecule has 1 heterocycles. The topological polar surface area (TPSA) is 43.4 Å². The van der Waals surface area contributed by atoms with E-state index in [1.807, 2.05) is 0 Å². The minimum atomic E-state index is -2.77. The predicted molar refractivity (Wildman–Crippen MR) is 66.7 cm³/mol. The molecule has 1 aliphatic heterocycles. The fraction of sp³-hybridized carbons (Fsp3) is 1.00. The third-order valence-electron chi connectivity index (χ3n) is 3.31. The molecule has 3 nitrogen and oxygen atoms in total. The Kier molecular flexibility index (Phi) is 6.08. The third-order valence-corrected chi connectivity index (χ3v) is 5.50. The highest BCUT2D eigenvalue weighted by atomic mass is 35.5. The lowest BCUT2D eigenvalue weighted by molar-refractivity contribution is 0.189. The quantitative estimate of drug-likeness (QED) is 0.525. The van der Waals surface area contributed by atoms with Gasteiger partial charge in [0, 0.05) is 19.6 Å². The van der Waals surface area contributed by atoms with Crippen LogP contribution < -0.4 is 0 Å². The van der Waals surface area contributed by atoms with E-state index in [0.717, 1.165) is 32.3 Å². The molecule has 0 spiro atoms. The van der Waals surface area contributed by atoms with E-state index >= 15 is 0 Å². The first-order chi connectivity index (χ1) is 7.59. The molecule has 0 radical (unpaired) electrons. The molecule has 1 saturated heterocycles. The number of hydrogen-bond acceptors (Lipinski definition) is 3. The summed E-state index contributed by atoms with van der Waals surface area (Å²) >= 11 is 5.93. The molecule has 16 heavy (non-hydrogen) atoms. The fourth-order valence-electron chi connectivity index (χ4n) is 2.29. The van der Waals surface area contributed by atoms with E-state index in [0.29, 0.717) is 23.3 Å². The van der Waals surface area contributed by atoms with Gasteiger partial charge in [-0.2, -0.15) is 0 Å². The fourth-order valence-corrected chi connectivity index (χ4v) is 4.61. The molecule has 1 rings (SSSR count). The van der Waals surface area contributed by atoms with Gasteiger partial charge in [0.1, 0.15) is 0 Å². The summed E-state index contributed by atoms with van der Waals surface area (Å²) in [6, 6.07) is 0. The SMILES string of the molecule is COCCCCC(CCl)C1CCS(=O)(=O)C1. The van der Waals surface area contributed by atoms with Crippen molar-refractivity contribution in [3.8, 4) is 0 Å². The molecule has 0 aromatic heterocycles. The van der Waals surface area contributed by atoms with Crippen LogP contribution in [0.2, 0.25) is 0 Å². The zero-order valence-electron chi connectivity index (χ0n) is 9.82. The van der Waals surface area contributed by atoms with Gasteiger partial charge in [0.2, 0.25) is 0 Å². The van der Waals surface area contributed by atoms with Crippen molar-refractivity contribution in [1.82, 2.24) is 0 Å². The molecule has 0 N–H and O–H groups in total. The summed E-state index contributed by atoms with van der Waals surface area (Å²) in [5, 5.41) is 0. The number of sulfone groups is 1. The van der Waals surface area contributed by atoms with E-state index in [4.69, 9.17) is 16.3 Å². The van der Waals surface area contributed by atoms with Crippen molar-refractivity contribution in [3.05, 3.63) is 0 Å². The number of rotatable bonds is 7. The molecule has 0 amide bonds. The molecule has 0 aromatic carbocycles. The molecule has 1 aliphatic rings. The van der Waals surface area contributed by atoms with Crippen molar-refractivity contribution in [2.75, 3.05) is 31.1 Å². The molecule has 0 aliphatic carbocycles. The summed E-state index contributed by atoms with van der Waals surface area (Å²) < 4.78 is 27.7. The van der Waals surface area contributed by atoms with E-state index in [-0.39, 0.29) is 5.92 Å². The Morgan fingerprint density at radius 3 is 2.69 bits per heavy atom. The predicted octanol–water partition coefficient (Wildman–Crippen LogP) is 2.09. The highest BCUT2D eigenvalue weighted by Gasteiger charge is 2.32. The Balaban J connectivity index is 2.31. The van der Waals surface area contributed by atoms with Crippen LogP contribution in [-0.4, -0.2) is 39.5 Å². The van der Waals surface area contributed by atoms with Crippen molar-refractivity contribution in [3.63, 3.8) is 0 Å². The van der Waals surface area contributed by atoms with Gasteiger partial charge in [-0.15, -0.1) is 11.6 Å². The molecule has 0 aromatic rings. The zero-order chi connectivity index (χ0) is 12.0. The number of methoxy groups -OCH3 is 1. The average Bonchev–Trinajstić information content (AvgIpc) is 2.59. The lowest BCUT2D eigenvalue weighted by Crippen LogP contribution is -2.18. The number of halogens is 1. The monoisotopic (exact) mass is 268 g/mol. The van der Waals surface area contributed by atoms with Gasteiger partial charge in [0.05, 0.1) is 11.5 Å². The van der Waals surface area contributed by atoms with Gasteiger partial charge in [0.25, 0.3) is 0 Å². The number of hydrogen-bond donors (Lipinski definition) is 0. The Morgan fingerprint density at radius 1 is 1.44 bits per heavy atom. The van der Waals surface area contributed by atoms with Gasteiger partial charge in [-0.1, -0.05) is 6.42 Å². The molecule has 96 valence electrons. The van der Waals surface area contributed by atoms with Gasteiger partial charge < -0.3 is 4.74 Å². The van der Waals surface area contributed by atoms with Crippen molar-refractivity contribution in [1.29, 1.82) is 0 Å². The van der Waals surface area contributed by atoms with Crippen LogP contribution in [0.3, 0.4) is 0 Å². The highest BCUT2D eigenvalue weighted by molar-refractivity contribution is 7.91. The summed E-state index contributed by atoms with van der Waals surface area (Å²) in [5.74, 6) is 1.91. The van der Waals surface area contributed by atoms with E-state index in [9.17, 15) is 8.42 Å². The average molecular weight is 269 g/mol. The van der Waals surface area contributed by atoms with Crippen LogP contribution in [-0.2, 0) is 14.6 Å². The van der Waals surface area contributed by atoms with Crippen LogP contribution >= 0.6 is 11.6 Å². The van der Waals surface area contributed by atoms with E-state index < -0.39 is 9.84 Å². The smallest absolute Gasteiger partial charge is 0.150 e. The standard InChI is InChI=1S/C11H21ClO3S/c1-15-6-3-2-4-10(8-12)11-5-7-16(13,14)9-11/h10-11H,2-9H2,1H3. The zero-order valence-corrected chi connectivity index (χ0v) is 11.4. The van der Waals surface area contributed by atoms with Crippen LogP contribution in [0.1, 0.15) is 25.7 Å².